The highest BCUT2D eigenvalue weighted by molar-refractivity contribution is 5.73. The number of likely N-dealkylation sites (N-methyl/N-ethyl adjacent to an activating group) is 1. The average Bonchev–Trinajstić information content (AvgIpc) is 2.32. The first-order chi connectivity index (χ1) is 8.49. The molecular formula is C11H22N2O5. The normalized spacial score (nSPS) is 10.2. The minimum Gasteiger partial charge on any atom is -0.481 e. The Morgan fingerprint density at radius 2 is 1.72 bits per heavy atom. The molecule has 0 saturated heterocycles. The van der Waals surface area contributed by atoms with Gasteiger partial charge in [-0.25, -0.2) is 4.79 Å². The fourth-order valence-electron chi connectivity index (χ4n) is 1.32. The fourth-order valence-corrected chi connectivity index (χ4v) is 1.32. The van der Waals surface area contributed by atoms with Crippen molar-refractivity contribution < 1.29 is 24.5 Å². The van der Waals surface area contributed by atoms with Gasteiger partial charge in [0, 0.05) is 33.6 Å². The number of aliphatic hydroxyl groups is 1. The van der Waals surface area contributed by atoms with Crippen molar-refractivity contribution in [3.05, 3.63) is 0 Å². The third-order valence-corrected chi connectivity index (χ3v) is 2.34. The molecule has 7 nitrogen and oxygen atoms in total. The number of aliphatic carboxylic acids is 1. The van der Waals surface area contributed by atoms with Crippen LogP contribution >= 0.6 is 0 Å². The second-order valence-electron chi connectivity index (χ2n) is 3.96. The van der Waals surface area contributed by atoms with Gasteiger partial charge in [-0.15, -0.1) is 0 Å². The van der Waals surface area contributed by atoms with Gasteiger partial charge in [0.2, 0.25) is 0 Å². The van der Waals surface area contributed by atoms with Crippen LogP contribution in [-0.2, 0) is 9.53 Å². The molecule has 0 rings (SSSR count). The number of urea groups is 1. The van der Waals surface area contributed by atoms with Crippen molar-refractivity contribution in [2.75, 3.05) is 47.0 Å². The molecule has 0 radical (unpaired) electrons. The Hall–Kier alpha value is -1.34. The summed E-state index contributed by atoms with van der Waals surface area (Å²) in [5.74, 6) is -0.860. The van der Waals surface area contributed by atoms with Gasteiger partial charge in [-0.05, 0) is 6.42 Å². The van der Waals surface area contributed by atoms with Crippen molar-refractivity contribution in [2.24, 2.45) is 0 Å². The van der Waals surface area contributed by atoms with Crippen molar-refractivity contribution in [3.63, 3.8) is 0 Å². The predicted molar refractivity (Wildman–Crippen MR) is 65.4 cm³/mol. The van der Waals surface area contributed by atoms with E-state index >= 15 is 0 Å². The quantitative estimate of drug-likeness (QED) is 0.564. The molecule has 7 heteroatoms. The number of hydrogen-bond donors (Lipinski definition) is 2. The summed E-state index contributed by atoms with van der Waals surface area (Å²) in [6.45, 7) is 1.43. The first kappa shape index (κ1) is 16.7. The van der Waals surface area contributed by atoms with E-state index in [1.165, 1.54) is 9.80 Å². The minimum absolute atomic E-state index is 0.0350. The molecule has 0 fully saturated rings. The molecule has 0 aromatic rings. The Labute approximate surface area is 107 Å². The first-order valence-corrected chi connectivity index (χ1v) is 5.85. The number of carboxylic acids is 1. The van der Waals surface area contributed by atoms with E-state index in [-0.39, 0.29) is 25.7 Å². The van der Waals surface area contributed by atoms with Crippen molar-refractivity contribution in [2.45, 2.75) is 12.8 Å². The van der Waals surface area contributed by atoms with E-state index in [2.05, 4.69) is 0 Å². The van der Waals surface area contributed by atoms with Crippen LogP contribution in [0.5, 0.6) is 0 Å². The summed E-state index contributed by atoms with van der Waals surface area (Å²) in [5, 5.41) is 17.0. The number of ether oxygens (including phenoxy) is 1. The maximum absolute atomic E-state index is 11.8. The van der Waals surface area contributed by atoms with Crippen LogP contribution in [0.2, 0.25) is 0 Å². The Kier molecular flexibility index (Phi) is 8.95. The molecule has 106 valence electrons. The third-order valence-electron chi connectivity index (χ3n) is 2.34. The second-order valence-corrected chi connectivity index (χ2v) is 3.96. The molecule has 0 aromatic heterocycles. The van der Waals surface area contributed by atoms with Gasteiger partial charge >= 0.3 is 12.0 Å². The van der Waals surface area contributed by atoms with Crippen LogP contribution in [0, 0.1) is 0 Å². The molecular weight excluding hydrogens is 240 g/mol. The predicted octanol–water partition coefficient (Wildman–Crippen LogP) is -0.156. The molecule has 0 atom stereocenters. The van der Waals surface area contributed by atoms with Gasteiger partial charge in [0.05, 0.1) is 19.8 Å². The number of amides is 2. The molecule has 0 aromatic carbocycles. The monoisotopic (exact) mass is 262 g/mol. The smallest absolute Gasteiger partial charge is 0.319 e. The van der Waals surface area contributed by atoms with E-state index in [4.69, 9.17) is 14.9 Å². The van der Waals surface area contributed by atoms with Crippen LogP contribution < -0.4 is 0 Å². The number of aliphatic hydroxyl groups excluding tert-OH is 1. The van der Waals surface area contributed by atoms with E-state index in [0.717, 1.165) is 0 Å². The Balaban J connectivity index is 3.78. The van der Waals surface area contributed by atoms with E-state index < -0.39 is 5.97 Å². The molecule has 0 unspecified atom stereocenters. The summed E-state index contributed by atoms with van der Waals surface area (Å²) in [6.07, 6.45) is 0.493. The van der Waals surface area contributed by atoms with Crippen LogP contribution in [-0.4, -0.2) is 79.0 Å². The zero-order valence-corrected chi connectivity index (χ0v) is 11.0. The highest BCUT2D eigenvalue weighted by Gasteiger charge is 2.13. The zero-order chi connectivity index (χ0) is 14.0. The maximum atomic E-state index is 11.8. The van der Waals surface area contributed by atoms with Crippen LogP contribution in [0.3, 0.4) is 0 Å². The SMILES string of the molecule is CN(CCCC(=O)O)C(=O)N(C)CCOCCO. The first-order valence-electron chi connectivity index (χ1n) is 5.85. The lowest BCUT2D eigenvalue weighted by molar-refractivity contribution is -0.137. The highest BCUT2D eigenvalue weighted by Crippen LogP contribution is 1.98. The highest BCUT2D eigenvalue weighted by atomic mass is 16.5. The lowest BCUT2D eigenvalue weighted by Gasteiger charge is -2.24. The largest absolute Gasteiger partial charge is 0.481 e. The Bertz CT molecular complexity index is 260. The van der Waals surface area contributed by atoms with Crippen molar-refractivity contribution in [1.82, 2.24) is 9.80 Å². The molecule has 0 heterocycles. The van der Waals surface area contributed by atoms with Gasteiger partial charge in [-0.2, -0.15) is 0 Å². The fraction of sp³-hybridized carbons (Fsp3) is 0.818. The van der Waals surface area contributed by atoms with Crippen LogP contribution in [0.15, 0.2) is 0 Å². The Morgan fingerprint density at radius 3 is 2.28 bits per heavy atom. The Morgan fingerprint density at radius 1 is 1.11 bits per heavy atom. The van der Waals surface area contributed by atoms with Crippen LogP contribution in [0.4, 0.5) is 4.79 Å². The summed E-state index contributed by atoms with van der Waals surface area (Å²) >= 11 is 0. The van der Waals surface area contributed by atoms with Gasteiger partial charge in [0.25, 0.3) is 0 Å². The molecule has 0 aliphatic heterocycles. The van der Waals surface area contributed by atoms with Crippen LogP contribution in [0.1, 0.15) is 12.8 Å². The molecule has 18 heavy (non-hydrogen) atoms. The number of hydrogen-bond acceptors (Lipinski definition) is 4. The molecule has 0 saturated carbocycles. The van der Waals surface area contributed by atoms with Gasteiger partial charge in [-0.1, -0.05) is 0 Å². The zero-order valence-electron chi connectivity index (χ0n) is 11.0. The van der Waals surface area contributed by atoms with E-state index in [1.54, 1.807) is 14.1 Å². The molecule has 2 N–H and O–H groups in total. The van der Waals surface area contributed by atoms with E-state index in [0.29, 0.717) is 26.1 Å². The van der Waals surface area contributed by atoms with Gasteiger partial charge in [-0.3, -0.25) is 4.79 Å². The van der Waals surface area contributed by atoms with Crippen molar-refractivity contribution >= 4 is 12.0 Å². The minimum atomic E-state index is -0.860. The lowest BCUT2D eigenvalue weighted by Crippen LogP contribution is -2.40. The molecule has 0 spiro atoms. The van der Waals surface area contributed by atoms with Gasteiger partial charge in [0.15, 0.2) is 0 Å². The third kappa shape index (κ3) is 7.86. The maximum Gasteiger partial charge on any atom is 0.319 e. The van der Waals surface area contributed by atoms with Crippen LogP contribution in [0.25, 0.3) is 0 Å². The summed E-state index contributed by atoms with van der Waals surface area (Å²) in [7, 11) is 3.29. The summed E-state index contributed by atoms with van der Waals surface area (Å²) in [5.41, 5.74) is 0. The van der Waals surface area contributed by atoms with Crippen molar-refractivity contribution in [3.8, 4) is 0 Å². The topological polar surface area (TPSA) is 90.3 Å². The number of carbonyl (C=O) groups is 2. The summed E-state index contributed by atoms with van der Waals surface area (Å²) < 4.78 is 5.06. The standard InChI is InChI=1S/C11H22N2O5/c1-12(5-3-4-10(15)16)11(17)13(2)6-8-18-9-7-14/h14H,3-9H2,1-2H3,(H,15,16). The summed E-state index contributed by atoms with van der Waals surface area (Å²) in [6, 6.07) is -0.173. The number of carboxylic acid groups (broad SMARTS) is 1. The number of rotatable bonds is 9. The van der Waals surface area contributed by atoms with E-state index in [1.807, 2.05) is 0 Å². The second kappa shape index (κ2) is 9.67. The molecule has 2 amide bonds. The van der Waals surface area contributed by atoms with Gasteiger partial charge < -0.3 is 24.7 Å². The van der Waals surface area contributed by atoms with Crippen molar-refractivity contribution in [1.29, 1.82) is 0 Å². The molecule has 0 aliphatic carbocycles. The molecule has 0 aliphatic rings. The van der Waals surface area contributed by atoms with Gasteiger partial charge in [0.1, 0.15) is 0 Å². The number of nitrogens with zero attached hydrogens (tertiary/aromatic N) is 2. The average molecular weight is 262 g/mol. The molecule has 0 bridgehead atoms. The summed E-state index contributed by atoms with van der Waals surface area (Å²) in [4.78, 5) is 25.1. The lowest BCUT2D eigenvalue weighted by atomic mass is 10.3. The van der Waals surface area contributed by atoms with E-state index in [9.17, 15) is 9.59 Å². The number of carbonyl (C=O) groups excluding carboxylic acids is 1.